The maximum atomic E-state index is 11.3. The van der Waals surface area contributed by atoms with E-state index in [4.69, 9.17) is 5.26 Å². The fourth-order valence-electron chi connectivity index (χ4n) is 1.00. The summed E-state index contributed by atoms with van der Waals surface area (Å²) in [5, 5.41) is 13.1. The first-order valence-electron chi connectivity index (χ1n) is 4.48. The SMILES string of the molecule is Cc1ccsc1CNC(=O)CSCC#N. The van der Waals surface area contributed by atoms with Crippen LogP contribution in [-0.2, 0) is 11.3 Å². The normalized spacial score (nSPS) is 9.60. The Morgan fingerprint density at radius 3 is 3.13 bits per heavy atom. The van der Waals surface area contributed by atoms with Crippen molar-refractivity contribution >= 4 is 29.0 Å². The van der Waals surface area contributed by atoms with Crippen molar-refractivity contribution < 1.29 is 4.79 Å². The van der Waals surface area contributed by atoms with Gasteiger partial charge in [-0.2, -0.15) is 5.26 Å². The monoisotopic (exact) mass is 240 g/mol. The van der Waals surface area contributed by atoms with Crippen LogP contribution >= 0.6 is 23.1 Å². The molecule has 1 heterocycles. The van der Waals surface area contributed by atoms with Crippen molar-refractivity contribution in [2.24, 2.45) is 0 Å². The third-order valence-corrected chi connectivity index (χ3v) is 3.64. The van der Waals surface area contributed by atoms with Crippen LogP contribution in [0.2, 0.25) is 0 Å². The van der Waals surface area contributed by atoms with Gasteiger partial charge in [0.15, 0.2) is 0 Å². The van der Waals surface area contributed by atoms with Gasteiger partial charge < -0.3 is 5.32 Å². The summed E-state index contributed by atoms with van der Waals surface area (Å²) in [6.07, 6.45) is 0. The molecule has 0 aliphatic carbocycles. The molecule has 0 radical (unpaired) electrons. The Morgan fingerprint density at radius 1 is 1.73 bits per heavy atom. The molecule has 1 aromatic rings. The van der Waals surface area contributed by atoms with E-state index in [0.717, 1.165) is 0 Å². The predicted octanol–water partition coefficient (Wildman–Crippen LogP) is 1.93. The first kappa shape index (κ1) is 12.1. The summed E-state index contributed by atoms with van der Waals surface area (Å²) in [5.41, 5.74) is 1.21. The summed E-state index contributed by atoms with van der Waals surface area (Å²) in [4.78, 5) is 12.5. The molecule has 1 amide bonds. The van der Waals surface area contributed by atoms with Crippen LogP contribution in [0, 0.1) is 18.3 Å². The summed E-state index contributed by atoms with van der Waals surface area (Å²) < 4.78 is 0. The topological polar surface area (TPSA) is 52.9 Å². The predicted molar refractivity (Wildman–Crippen MR) is 63.8 cm³/mol. The Labute approximate surface area is 97.5 Å². The Morgan fingerprint density at radius 2 is 2.53 bits per heavy atom. The van der Waals surface area contributed by atoms with Crippen molar-refractivity contribution in [3.05, 3.63) is 21.9 Å². The third kappa shape index (κ3) is 4.36. The van der Waals surface area contributed by atoms with Crippen LogP contribution in [0.4, 0.5) is 0 Å². The number of carbonyl (C=O) groups is 1. The standard InChI is InChI=1S/C10H12N2OS2/c1-8-2-4-15-9(8)6-12-10(13)7-14-5-3-11/h2,4H,5-7H2,1H3,(H,12,13). The lowest BCUT2D eigenvalue weighted by Gasteiger charge is -2.03. The molecule has 0 atom stereocenters. The molecular weight excluding hydrogens is 228 g/mol. The van der Waals surface area contributed by atoms with Crippen molar-refractivity contribution in [1.82, 2.24) is 5.32 Å². The third-order valence-electron chi connectivity index (χ3n) is 1.81. The Balaban J connectivity index is 2.23. The van der Waals surface area contributed by atoms with Crippen LogP contribution in [0.5, 0.6) is 0 Å². The van der Waals surface area contributed by atoms with Crippen LogP contribution < -0.4 is 5.32 Å². The minimum atomic E-state index is -0.0111. The van der Waals surface area contributed by atoms with Gasteiger partial charge in [0, 0.05) is 4.88 Å². The molecule has 3 nitrogen and oxygen atoms in total. The molecule has 0 fully saturated rings. The highest BCUT2D eigenvalue weighted by molar-refractivity contribution is 8.00. The molecular formula is C10H12N2OS2. The second kappa shape index (κ2) is 6.49. The zero-order valence-electron chi connectivity index (χ0n) is 8.45. The molecule has 80 valence electrons. The van der Waals surface area contributed by atoms with Gasteiger partial charge in [-0.05, 0) is 23.9 Å². The highest BCUT2D eigenvalue weighted by Gasteiger charge is 2.03. The van der Waals surface area contributed by atoms with E-state index < -0.39 is 0 Å². The minimum absolute atomic E-state index is 0.0111. The van der Waals surface area contributed by atoms with Gasteiger partial charge in [0.1, 0.15) is 0 Å². The summed E-state index contributed by atoms with van der Waals surface area (Å²) in [5.74, 6) is 0.715. The molecule has 5 heteroatoms. The molecule has 0 bridgehead atoms. The Kier molecular flexibility index (Phi) is 5.22. The molecule has 1 rings (SSSR count). The molecule has 0 spiro atoms. The van der Waals surface area contributed by atoms with E-state index in [1.807, 2.05) is 24.4 Å². The zero-order chi connectivity index (χ0) is 11.1. The summed E-state index contributed by atoms with van der Waals surface area (Å²) in [6, 6.07) is 4.03. The number of nitrogens with zero attached hydrogens (tertiary/aromatic N) is 1. The lowest BCUT2D eigenvalue weighted by atomic mass is 10.3. The Bertz CT molecular complexity index is 368. The average molecular weight is 240 g/mol. The van der Waals surface area contributed by atoms with Crippen LogP contribution in [0.3, 0.4) is 0 Å². The molecule has 0 aliphatic rings. The quantitative estimate of drug-likeness (QED) is 0.800. The lowest BCUT2D eigenvalue weighted by molar-refractivity contribution is -0.118. The van der Waals surface area contributed by atoms with E-state index in [2.05, 4.69) is 5.32 Å². The second-order valence-corrected chi connectivity index (χ2v) is 4.94. The van der Waals surface area contributed by atoms with E-state index >= 15 is 0 Å². The van der Waals surface area contributed by atoms with E-state index in [0.29, 0.717) is 18.1 Å². The summed E-state index contributed by atoms with van der Waals surface area (Å²) in [6.45, 7) is 2.62. The average Bonchev–Trinajstić information content (AvgIpc) is 2.61. The smallest absolute Gasteiger partial charge is 0.230 e. The number of rotatable bonds is 5. The molecule has 1 N–H and O–H groups in total. The van der Waals surface area contributed by atoms with Gasteiger partial charge in [0.05, 0.1) is 24.1 Å². The van der Waals surface area contributed by atoms with E-state index in [-0.39, 0.29) is 5.91 Å². The largest absolute Gasteiger partial charge is 0.350 e. The highest BCUT2D eigenvalue weighted by atomic mass is 32.2. The van der Waals surface area contributed by atoms with Gasteiger partial charge >= 0.3 is 0 Å². The van der Waals surface area contributed by atoms with Crippen molar-refractivity contribution in [3.8, 4) is 6.07 Å². The number of carbonyl (C=O) groups excluding carboxylic acids is 1. The van der Waals surface area contributed by atoms with Crippen molar-refractivity contribution in [3.63, 3.8) is 0 Å². The number of thioether (sulfide) groups is 1. The summed E-state index contributed by atoms with van der Waals surface area (Å²) >= 11 is 2.98. The van der Waals surface area contributed by atoms with Crippen molar-refractivity contribution in [1.29, 1.82) is 5.26 Å². The molecule has 0 unspecified atom stereocenters. The van der Waals surface area contributed by atoms with E-state index in [1.54, 1.807) is 11.3 Å². The minimum Gasteiger partial charge on any atom is -0.350 e. The fourth-order valence-corrected chi connectivity index (χ4v) is 2.33. The van der Waals surface area contributed by atoms with Gasteiger partial charge in [-0.1, -0.05) is 0 Å². The maximum Gasteiger partial charge on any atom is 0.230 e. The van der Waals surface area contributed by atoms with Crippen LogP contribution in [0.25, 0.3) is 0 Å². The summed E-state index contributed by atoms with van der Waals surface area (Å²) in [7, 11) is 0. The van der Waals surface area contributed by atoms with Gasteiger partial charge in [0.2, 0.25) is 5.91 Å². The number of amides is 1. The molecule has 0 aliphatic heterocycles. The molecule has 0 aromatic carbocycles. The zero-order valence-corrected chi connectivity index (χ0v) is 10.1. The first-order valence-corrected chi connectivity index (χ1v) is 6.52. The van der Waals surface area contributed by atoms with Gasteiger partial charge in [-0.3, -0.25) is 4.79 Å². The Hall–Kier alpha value is -0.990. The number of hydrogen-bond donors (Lipinski definition) is 1. The molecule has 1 aromatic heterocycles. The van der Waals surface area contributed by atoms with Gasteiger partial charge in [0.25, 0.3) is 0 Å². The van der Waals surface area contributed by atoms with Crippen LogP contribution in [0.1, 0.15) is 10.4 Å². The highest BCUT2D eigenvalue weighted by Crippen LogP contribution is 2.14. The van der Waals surface area contributed by atoms with Crippen molar-refractivity contribution in [2.45, 2.75) is 13.5 Å². The van der Waals surface area contributed by atoms with Gasteiger partial charge in [-0.15, -0.1) is 23.1 Å². The molecule has 0 saturated carbocycles. The van der Waals surface area contributed by atoms with Gasteiger partial charge in [-0.25, -0.2) is 0 Å². The molecule has 15 heavy (non-hydrogen) atoms. The van der Waals surface area contributed by atoms with Crippen LogP contribution in [-0.4, -0.2) is 17.4 Å². The maximum absolute atomic E-state index is 11.3. The fraction of sp³-hybridized carbons (Fsp3) is 0.400. The van der Waals surface area contributed by atoms with E-state index in [1.165, 1.54) is 22.2 Å². The first-order chi connectivity index (χ1) is 7.24. The number of nitriles is 1. The van der Waals surface area contributed by atoms with E-state index in [9.17, 15) is 4.79 Å². The van der Waals surface area contributed by atoms with Crippen molar-refractivity contribution in [2.75, 3.05) is 11.5 Å². The number of nitrogens with one attached hydrogen (secondary N) is 1. The second-order valence-electron chi connectivity index (χ2n) is 2.95. The van der Waals surface area contributed by atoms with Crippen LogP contribution in [0.15, 0.2) is 11.4 Å². The molecule has 0 saturated heterocycles. The number of hydrogen-bond acceptors (Lipinski definition) is 4. The number of aryl methyl sites for hydroxylation is 1. The number of thiophene rings is 1. The lowest BCUT2D eigenvalue weighted by Crippen LogP contribution is -2.24.